The Bertz CT molecular complexity index is 743. The lowest BCUT2D eigenvalue weighted by Gasteiger charge is -2.08. The van der Waals surface area contributed by atoms with Crippen LogP contribution >= 0.6 is 11.8 Å². The second-order valence-electron chi connectivity index (χ2n) is 5.19. The molecule has 2 aromatic carbocycles. The Labute approximate surface area is 149 Å². The quantitative estimate of drug-likeness (QED) is 0.649. The minimum atomic E-state index is -2.58. The molecule has 0 saturated heterocycles. The number of carbonyl (C=O) groups is 1. The predicted molar refractivity (Wildman–Crippen MR) is 94.7 cm³/mol. The Balaban J connectivity index is 2.06. The number of aryl methyl sites for hydroxylation is 1. The van der Waals surface area contributed by atoms with Gasteiger partial charge < -0.3 is 9.84 Å². The lowest BCUT2D eigenvalue weighted by Crippen LogP contribution is -2.02. The number of hydrogen-bond acceptors (Lipinski definition) is 3. The van der Waals surface area contributed by atoms with E-state index in [-0.39, 0.29) is 10.5 Å². The average Bonchev–Trinajstić information content (AvgIpc) is 2.61. The van der Waals surface area contributed by atoms with Gasteiger partial charge in [0.05, 0.1) is 17.6 Å². The molecule has 0 aliphatic rings. The fraction of sp³-hybridized carbons (Fsp3) is 0.211. The summed E-state index contributed by atoms with van der Waals surface area (Å²) in [6.07, 6.45) is -0.380. The molecule has 0 heterocycles. The van der Waals surface area contributed by atoms with Crippen LogP contribution in [0.25, 0.3) is 0 Å². The van der Waals surface area contributed by atoms with Crippen molar-refractivity contribution in [1.29, 1.82) is 0 Å². The van der Waals surface area contributed by atoms with Crippen molar-refractivity contribution in [1.82, 2.24) is 0 Å². The van der Waals surface area contributed by atoms with Crippen LogP contribution in [-0.4, -0.2) is 24.6 Å². The fourth-order valence-electron chi connectivity index (χ4n) is 2.27. The van der Waals surface area contributed by atoms with Gasteiger partial charge in [0.1, 0.15) is 5.75 Å². The standard InChI is InChI=1S/C19H18F2O3S/c1-24-14-9-11-15(12-10-14)25-17(18(20)21)8-4-6-13-5-2-3-7-16(13)19(22)23/h2-3,5,7-12,18H,4,6H2,1H3,(H,22,23). The SMILES string of the molecule is COc1ccc(SC(=CCCc2ccccc2C(=O)O)C(F)F)cc1. The third-order valence-electron chi connectivity index (χ3n) is 3.52. The maximum atomic E-state index is 13.3. The molecular formula is C19H18F2O3S. The Hall–Kier alpha value is -2.34. The highest BCUT2D eigenvalue weighted by molar-refractivity contribution is 8.03. The number of thioether (sulfide) groups is 1. The first kappa shape index (κ1) is 19.0. The highest BCUT2D eigenvalue weighted by Gasteiger charge is 2.13. The van der Waals surface area contributed by atoms with E-state index in [1.165, 1.54) is 12.1 Å². The molecule has 0 spiro atoms. The van der Waals surface area contributed by atoms with Crippen LogP contribution in [0.15, 0.2) is 64.4 Å². The molecule has 0 aliphatic carbocycles. The van der Waals surface area contributed by atoms with E-state index in [9.17, 15) is 13.6 Å². The molecule has 0 aromatic heterocycles. The molecule has 0 saturated carbocycles. The summed E-state index contributed by atoms with van der Waals surface area (Å²) in [5.41, 5.74) is 0.839. The van der Waals surface area contributed by atoms with Crippen LogP contribution in [0, 0.1) is 0 Å². The van der Waals surface area contributed by atoms with E-state index in [4.69, 9.17) is 9.84 Å². The van der Waals surface area contributed by atoms with E-state index in [1.54, 1.807) is 49.6 Å². The summed E-state index contributed by atoms with van der Waals surface area (Å²) in [7, 11) is 1.54. The Kier molecular flexibility index (Phi) is 7.01. The molecule has 6 heteroatoms. The summed E-state index contributed by atoms with van der Waals surface area (Å²) in [5.74, 6) is -0.349. The zero-order chi connectivity index (χ0) is 18.2. The topological polar surface area (TPSA) is 46.5 Å². The summed E-state index contributed by atoms with van der Waals surface area (Å²) in [6, 6.07) is 13.5. The highest BCUT2D eigenvalue weighted by Crippen LogP contribution is 2.32. The van der Waals surface area contributed by atoms with Gasteiger partial charge in [-0.1, -0.05) is 36.0 Å². The molecule has 25 heavy (non-hydrogen) atoms. The molecule has 0 radical (unpaired) electrons. The molecule has 0 amide bonds. The van der Waals surface area contributed by atoms with Gasteiger partial charge in [-0.2, -0.15) is 0 Å². The zero-order valence-corrected chi connectivity index (χ0v) is 14.4. The van der Waals surface area contributed by atoms with Crippen molar-refractivity contribution in [3.8, 4) is 5.75 Å². The largest absolute Gasteiger partial charge is 0.497 e. The number of carboxylic acid groups (broad SMARTS) is 1. The third-order valence-corrected chi connectivity index (χ3v) is 4.61. The molecule has 0 fully saturated rings. The van der Waals surface area contributed by atoms with Gasteiger partial charge in [-0.3, -0.25) is 0 Å². The van der Waals surface area contributed by atoms with Crippen molar-refractivity contribution in [3.63, 3.8) is 0 Å². The molecule has 1 N–H and O–H groups in total. The van der Waals surface area contributed by atoms with Crippen molar-refractivity contribution in [2.75, 3.05) is 7.11 Å². The van der Waals surface area contributed by atoms with Crippen LogP contribution in [0.2, 0.25) is 0 Å². The molecule has 2 aromatic rings. The van der Waals surface area contributed by atoms with Crippen LogP contribution < -0.4 is 4.74 Å². The Morgan fingerprint density at radius 1 is 1.20 bits per heavy atom. The van der Waals surface area contributed by atoms with Crippen LogP contribution in [0.3, 0.4) is 0 Å². The summed E-state index contributed by atoms with van der Waals surface area (Å²) < 4.78 is 31.6. The van der Waals surface area contributed by atoms with E-state index in [0.717, 1.165) is 11.8 Å². The zero-order valence-electron chi connectivity index (χ0n) is 13.6. The number of alkyl halides is 2. The van der Waals surface area contributed by atoms with Crippen molar-refractivity contribution < 1.29 is 23.4 Å². The maximum absolute atomic E-state index is 13.3. The van der Waals surface area contributed by atoms with Crippen molar-refractivity contribution in [3.05, 3.63) is 70.6 Å². The van der Waals surface area contributed by atoms with Gasteiger partial charge in [-0.15, -0.1) is 0 Å². The second kappa shape index (κ2) is 9.22. The summed E-state index contributed by atoms with van der Waals surface area (Å²) in [4.78, 5) is 11.8. The van der Waals surface area contributed by atoms with Gasteiger partial charge in [0.15, 0.2) is 0 Å². The maximum Gasteiger partial charge on any atom is 0.335 e. The third kappa shape index (κ3) is 5.60. The van der Waals surface area contributed by atoms with Gasteiger partial charge in [-0.05, 0) is 48.7 Å². The van der Waals surface area contributed by atoms with Gasteiger partial charge in [-0.25, -0.2) is 13.6 Å². The van der Waals surface area contributed by atoms with Gasteiger partial charge in [0, 0.05) is 4.90 Å². The minimum absolute atomic E-state index is 0.0435. The lowest BCUT2D eigenvalue weighted by molar-refractivity contribution is 0.0695. The van der Waals surface area contributed by atoms with E-state index in [1.807, 2.05) is 0 Å². The minimum Gasteiger partial charge on any atom is -0.497 e. The molecule has 2 rings (SSSR count). The number of allylic oxidation sites excluding steroid dienone is 2. The van der Waals surface area contributed by atoms with E-state index >= 15 is 0 Å². The van der Waals surface area contributed by atoms with Crippen LogP contribution in [0.5, 0.6) is 5.75 Å². The predicted octanol–water partition coefficient (Wildman–Crippen LogP) is 5.27. The monoisotopic (exact) mass is 364 g/mol. The number of rotatable bonds is 8. The van der Waals surface area contributed by atoms with Crippen molar-refractivity contribution in [2.24, 2.45) is 0 Å². The fourth-order valence-corrected chi connectivity index (χ4v) is 3.11. The summed E-state index contributed by atoms with van der Waals surface area (Å²) in [6.45, 7) is 0. The van der Waals surface area contributed by atoms with E-state index in [2.05, 4.69) is 0 Å². The number of carboxylic acids is 1. The normalized spacial score (nSPS) is 11.6. The van der Waals surface area contributed by atoms with Gasteiger partial charge in [0.2, 0.25) is 0 Å². The van der Waals surface area contributed by atoms with Crippen molar-refractivity contribution >= 4 is 17.7 Å². The Morgan fingerprint density at radius 3 is 2.48 bits per heavy atom. The number of halogens is 2. The first-order valence-electron chi connectivity index (χ1n) is 7.62. The average molecular weight is 364 g/mol. The summed E-state index contributed by atoms with van der Waals surface area (Å²) >= 11 is 1.00. The molecule has 3 nitrogen and oxygen atoms in total. The molecule has 0 atom stereocenters. The van der Waals surface area contributed by atoms with Crippen molar-refractivity contribution in [2.45, 2.75) is 24.2 Å². The first-order valence-corrected chi connectivity index (χ1v) is 8.44. The number of aromatic carboxylic acids is 1. The first-order chi connectivity index (χ1) is 12.0. The van der Waals surface area contributed by atoms with Crippen LogP contribution in [0.4, 0.5) is 8.78 Å². The molecule has 132 valence electrons. The number of benzene rings is 2. The smallest absolute Gasteiger partial charge is 0.335 e. The number of hydrogen-bond donors (Lipinski definition) is 1. The second-order valence-corrected chi connectivity index (χ2v) is 6.33. The molecular weight excluding hydrogens is 346 g/mol. The summed E-state index contributed by atoms with van der Waals surface area (Å²) in [5, 5.41) is 9.15. The Morgan fingerprint density at radius 2 is 1.88 bits per heavy atom. The number of methoxy groups -OCH3 is 1. The molecule has 0 unspecified atom stereocenters. The van der Waals surface area contributed by atoms with E-state index < -0.39 is 12.4 Å². The van der Waals surface area contributed by atoms with Gasteiger partial charge in [0.25, 0.3) is 6.43 Å². The van der Waals surface area contributed by atoms with Crippen LogP contribution in [-0.2, 0) is 6.42 Å². The van der Waals surface area contributed by atoms with Crippen LogP contribution in [0.1, 0.15) is 22.3 Å². The molecule has 0 bridgehead atoms. The lowest BCUT2D eigenvalue weighted by atomic mass is 10.0. The number of ether oxygens (including phenoxy) is 1. The van der Waals surface area contributed by atoms with Gasteiger partial charge >= 0.3 is 5.97 Å². The highest BCUT2D eigenvalue weighted by atomic mass is 32.2. The van der Waals surface area contributed by atoms with E-state index in [0.29, 0.717) is 29.1 Å². The molecule has 0 aliphatic heterocycles.